The van der Waals surface area contributed by atoms with Crippen LogP contribution in [-0.2, 0) is 25.5 Å². The Morgan fingerprint density at radius 1 is 1.23 bits per heavy atom. The molecule has 0 aromatic heterocycles. The molecule has 162 valence electrons. The van der Waals surface area contributed by atoms with E-state index in [0.717, 1.165) is 28.9 Å². The van der Waals surface area contributed by atoms with Gasteiger partial charge in [0.1, 0.15) is 12.1 Å². The number of aryl methyl sites for hydroxylation is 1. The Morgan fingerprint density at radius 2 is 1.93 bits per heavy atom. The van der Waals surface area contributed by atoms with E-state index in [4.69, 9.17) is 4.74 Å². The number of amides is 4. The van der Waals surface area contributed by atoms with Crippen LogP contribution in [0.1, 0.15) is 43.7 Å². The van der Waals surface area contributed by atoms with Crippen LogP contribution in [0, 0.1) is 12.8 Å². The van der Waals surface area contributed by atoms with Crippen molar-refractivity contribution in [1.82, 2.24) is 15.5 Å². The van der Waals surface area contributed by atoms with Gasteiger partial charge in [0.25, 0.3) is 11.8 Å². The highest BCUT2D eigenvalue weighted by Gasteiger charge is 2.52. The molecule has 2 fully saturated rings. The first-order valence-electron chi connectivity index (χ1n) is 10.4. The van der Waals surface area contributed by atoms with Crippen molar-refractivity contribution in [2.24, 2.45) is 5.92 Å². The van der Waals surface area contributed by atoms with Gasteiger partial charge in [-0.3, -0.25) is 19.3 Å². The molecule has 0 bridgehead atoms. The van der Waals surface area contributed by atoms with Gasteiger partial charge in [-0.25, -0.2) is 4.79 Å². The van der Waals surface area contributed by atoms with Crippen LogP contribution in [0.4, 0.5) is 4.79 Å². The number of benzene rings is 1. The summed E-state index contributed by atoms with van der Waals surface area (Å²) in [7, 11) is 0. The number of hydrogen-bond donors (Lipinski definition) is 2. The number of rotatable bonds is 7. The molecule has 3 rings (SSSR count). The maximum atomic E-state index is 12.7. The number of hydrogen-bond acceptors (Lipinski definition) is 5. The fourth-order valence-corrected chi connectivity index (χ4v) is 4.01. The minimum atomic E-state index is -0.892. The van der Waals surface area contributed by atoms with Crippen LogP contribution in [0.15, 0.2) is 24.3 Å². The molecule has 1 saturated carbocycles. The predicted molar refractivity (Wildman–Crippen MR) is 109 cm³/mol. The van der Waals surface area contributed by atoms with Gasteiger partial charge in [-0.2, -0.15) is 0 Å². The van der Waals surface area contributed by atoms with Gasteiger partial charge in [-0.15, -0.1) is 0 Å². The van der Waals surface area contributed by atoms with Gasteiger partial charge in [0, 0.05) is 6.54 Å². The van der Waals surface area contributed by atoms with Crippen LogP contribution in [0.25, 0.3) is 0 Å². The predicted octanol–water partition coefficient (Wildman–Crippen LogP) is 1.70. The van der Waals surface area contributed by atoms with Crippen molar-refractivity contribution in [3.8, 4) is 0 Å². The smallest absolute Gasteiger partial charge is 0.326 e. The third-order valence-corrected chi connectivity index (χ3v) is 6.00. The largest absolute Gasteiger partial charge is 0.454 e. The van der Waals surface area contributed by atoms with Crippen molar-refractivity contribution in [3.05, 3.63) is 35.4 Å². The van der Waals surface area contributed by atoms with Gasteiger partial charge >= 0.3 is 12.0 Å². The van der Waals surface area contributed by atoms with E-state index in [1.54, 1.807) is 0 Å². The maximum absolute atomic E-state index is 12.7. The Kier molecular flexibility index (Phi) is 6.74. The van der Waals surface area contributed by atoms with E-state index in [9.17, 15) is 19.2 Å². The highest BCUT2D eigenvalue weighted by Crippen LogP contribution is 2.36. The Balaban J connectivity index is 1.41. The normalized spacial score (nSPS) is 23.4. The first-order valence-corrected chi connectivity index (χ1v) is 10.4. The number of nitrogens with one attached hydrogen (secondary N) is 2. The van der Waals surface area contributed by atoms with Crippen molar-refractivity contribution in [2.75, 3.05) is 19.7 Å². The highest BCUT2D eigenvalue weighted by molar-refractivity contribution is 6.08. The summed E-state index contributed by atoms with van der Waals surface area (Å²) in [6, 6.07) is 7.33. The molecule has 1 aromatic rings. The zero-order valence-corrected chi connectivity index (χ0v) is 17.5. The molecule has 0 atom stereocenters. The van der Waals surface area contributed by atoms with Crippen LogP contribution in [0.2, 0.25) is 0 Å². The SMILES string of the molecule is Cc1ccccc1CCNC(=O)COC(=O)CN1C(=O)NC2(CCC(C)CC2)C1=O. The van der Waals surface area contributed by atoms with Gasteiger partial charge in [0.2, 0.25) is 0 Å². The molecule has 0 radical (unpaired) electrons. The number of esters is 1. The average Bonchev–Trinajstić information content (AvgIpc) is 2.94. The van der Waals surface area contributed by atoms with Crippen molar-refractivity contribution in [3.63, 3.8) is 0 Å². The molecular weight excluding hydrogens is 386 g/mol. The number of ether oxygens (including phenoxy) is 1. The summed E-state index contributed by atoms with van der Waals surface area (Å²) in [5.41, 5.74) is 1.40. The molecule has 0 unspecified atom stereocenters. The molecule has 4 amide bonds. The van der Waals surface area contributed by atoms with Gasteiger partial charge < -0.3 is 15.4 Å². The van der Waals surface area contributed by atoms with E-state index in [2.05, 4.69) is 17.6 Å². The molecule has 8 nitrogen and oxygen atoms in total. The summed E-state index contributed by atoms with van der Waals surface area (Å²) >= 11 is 0. The van der Waals surface area contributed by atoms with Crippen molar-refractivity contribution in [2.45, 2.75) is 51.5 Å². The monoisotopic (exact) mass is 415 g/mol. The van der Waals surface area contributed by atoms with Crippen LogP contribution in [0.3, 0.4) is 0 Å². The maximum Gasteiger partial charge on any atom is 0.326 e. The van der Waals surface area contributed by atoms with E-state index in [1.165, 1.54) is 0 Å². The van der Waals surface area contributed by atoms with E-state index in [0.29, 0.717) is 31.7 Å². The van der Waals surface area contributed by atoms with Crippen LogP contribution in [-0.4, -0.2) is 54.0 Å². The third kappa shape index (κ3) is 4.98. The van der Waals surface area contributed by atoms with Crippen molar-refractivity contribution in [1.29, 1.82) is 0 Å². The lowest BCUT2D eigenvalue weighted by Gasteiger charge is -2.33. The molecule has 1 aliphatic carbocycles. The summed E-state index contributed by atoms with van der Waals surface area (Å²) in [6.45, 7) is 3.62. The van der Waals surface area contributed by atoms with E-state index >= 15 is 0 Å². The molecular formula is C22H29N3O5. The van der Waals surface area contributed by atoms with Gasteiger partial charge in [-0.1, -0.05) is 31.2 Å². The molecule has 1 spiro atoms. The molecule has 1 aromatic carbocycles. The lowest BCUT2D eigenvalue weighted by Crippen LogP contribution is -2.49. The number of imide groups is 1. The first kappa shape index (κ1) is 21.8. The molecule has 1 aliphatic heterocycles. The van der Waals surface area contributed by atoms with Gasteiger partial charge in [0.05, 0.1) is 0 Å². The van der Waals surface area contributed by atoms with Gasteiger partial charge in [0.15, 0.2) is 6.61 Å². The summed E-state index contributed by atoms with van der Waals surface area (Å²) < 4.78 is 4.96. The summed E-state index contributed by atoms with van der Waals surface area (Å²) in [4.78, 5) is 49.8. The Hall–Kier alpha value is -2.90. The Labute approximate surface area is 176 Å². The van der Waals surface area contributed by atoms with E-state index < -0.39 is 36.6 Å². The van der Waals surface area contributed by atoms with Crippen LogP contribution >= 0.6 is 0 Å². The minimum Gasteiger partial charge on any atom is -0.454 e. The highest BCUT2D eigenvalue weighted by atomic mass is 16.5. The fourth-order valence-electron chi connectivity index (χ4n) is 4.01. The molecule has 2 aliphatic rings. The molecule has 1 heterocycles. The van der Waals surface area contributed by atoms with E-state index in [-0.39, 0.29) is 5.91 Å². The molecule has 1 saturated heterocycles. The topological polar surface area (TPSA) is 105 Å². The second kappa shape index (κ2) is 9.28. The van der Waals surface area contributed by atoms with Crippen molar-refractivity contribution < 1.29 is 23.9 Å². The lowest BCUT2D eigenvalue weighted by atomic mass is 9.77. The molecule has 2 N–H and O–H groups in total. The van der Waals surface area contributed by atoms with Crippen molar-refractivity contribution >= 4 is 23.8 Å². The standard InChI is InChI=1S/C22H29N3O5/c1-15-7-10-22(11-8-15)20(28)25(21(29)24-22)13-19(27)30-14-18(26)23-12-9-17-6-4-3-5-16(17)2/h3-6,15H,7-14H2,1-2H3,(H,23,26)(H,24,29). The fraction of sp³-hybridized carbons (Fsp3) is 0.545. The zero-order valence-electron chi connectivity index (χ0n) is 17.5. The average molecular weight is 415 g/mol. The molecule has 8 heteroatoms. The second-order valence-electron chi connectivity index (χ2n) is 8.27. The summed E-state index contributed by atoms with van der Waals surface area (Å²) in [5.74, 6) is -1.07. The number of urea groups is 1. The quantitative estimate of drug-likeness (QED) is 0.521. The number of nitrogens with zero attached hydrogens (tertiary/aromatic N) is 1. The van der Waals surface area contributed by atoms with Gasteiger partial charge in [-0.05, 0) is 56.1 Å². The lowest BCUT2D eigenvalue weighted by molar-refractivity contribution is -0.151. The second-order valence-corrected chi connectivity index (χ2v) is 8.27. The Morgan fingerprint density at radius 3 is 2.63 bits per heavy atom. The number of carbonyl (C=O) groups excluding carboxylic acids is 4. The minimum absolute atomic E-state index is 0.376. The molecule has 30 heavy (non-hydrogen) atoms. The summed E-state index contributed by atoms with van der Waals surface area (Å²) in [6.07, 6.45) is 3.54. The van der Waals surface area contributed by atoms with Crippen LogP contribution < -0.4 is 10.6 Å². The number of carbonyl (C=O) groups is 4. The zero-order chi connectivity index (χ0) is 21.7. The summed E-state index contributed by atoms with van der Waals surface area (Å²) in [5, 5.41) is 5.46. The van der Waals surface area contributed by atoms with E-state index in [1.807, 2.05) is 31.2 Å². The first-order chi connectivity index (χ1) is 14.3. The third-order valence-electron chi connectivity index (χ3n) is 6.00. The Bertz CT molecular complexity index is 830. The van der Waals surface area contributed by atoms with Crippen LogP contribution in [0.5, 0.6) is 0 Å².